The van der Waals surface area contributed by atoms with Gasteiger partial charge in [0.1, 0.15) is 0 Å². The summed E-state index contributed by atoms with van der Waals surface area (Å²) in [4.78, 5) is 1.38. The van der Waals surface area contributed by atoms with Gasteiger partial charge in [-0.1, -0.05) is 11.6 Å². The maximum atomic E-state index is 6.39. The van der Waals surface area contributed by atoms with Crippen molar-refractivity contribution in [3.63, 3.8) is 0 Å². The molecule has 0 spiro atoms. The van der Waals surface area contributed by atoms with Crippen LogP contribution in [0.15, 0.2) is 11.4 Å². The van der Waals surface area contributed by atoms with Gasteiger partial charge < -0.3 is 5.32 Å². The highest BCUT2D eigenvalue weighted by molar-refractivity contribution is 7.10. The average Bonchev–Trinajstić information content (AvgIpc) is 2.93. The Labute approximate surface area is 123 Å². The van der Waals surface area contributed by atoms with Crippen molar-refractivity contribution in [2.24, 2.45) is 0 Å². The molecule has 2 aromatic rings. The first-order valence-electron chi connectivity index (χ1n) is 6.51. The summed E-state index contributed by atoms with van der Waals surface area (Å²) >= 11 is 8.18. The van der Waals surface area contributed by atoms with Gasteiger partial charge in [0.15, 0.2) is 0 Å². The van der Waals surface area contributed by atoms with E-state index in [1.807, 2.05) is 18.7 Å². The van der Waals surface area contributed by atoms with Gasteiger partial charge >= 0.3 is 0 Å². The van der Waals surface area contributed by atoms with E-state index >= 15 is 0 Å². The van der Waals surface area contributed by atoms with E-state index in [2.05, 4.69) is 35.7 Å². The molecule has 0 aliphatic heterocycles. The predicted molar refractivity (Wildman–Crippen MR) is 82.2 cm³/mol. The van der Waals surface area contributed by atoms with Crippen LogP contribution in [0.5, 0.6) is 0 Å². The summed E-state index contributed by atoms with van der Waals surface area (Å²) in [5.41, 5.74) is 3.37. The van der Waals surface area contributed by atoms with Crippen LogP contribution in [-0.4, -0.2) is 16.8 Å². The largest absolute Gasteiger partial charge is 0.312 e. The van der Waals surface area contributed by atoms with Crippen molar-refractivity contribution in [3.05, 3.63) is 38.3 Å². The fraction of sp³-hybridized carbons (Fsp3) is 0.500. The van der Waals surface area contributed by atoms with Crippen molar-refractivity contribution in [2.45, 2.75) is 39.8 Å². The number of aromatic nitrogens is 2. The van der Waals surface area contributed by atoms with Crippen LogP contribution < -0.4 is 5.32 Å². The quantitative estimate of drug-likeness (QED) is 0.911. The zero-order valence-electron chi connectivity index (χ0n) is 11.8. The van der Waals surface area contributed by atoms with Crippen LogP contribution in [0.25, 0.3) is 0 Å². The molecule has 0 saturated heterocycles. The van der Waals surface area contributed by atoms with Crippen molar-refractivity contribution in [3.8, 4) is 0 Å². The minimum Gasteiger partial charge on any atom is -0.312 e. The van der Waals surface area contributed by atoms with Gasteiger partial charge in [-0.2, -0.15) is 5.10 Å². The number of hydrogen-bond acceptors (Lipinski definition) is 3. The van der Waals surface area contributed by atoms with Gasteiger partial charge in [-0.3, -0.25) is 4.68 Å². The highest BCUT2D eigenvalue weighted by Crippen LogP contribution is 2.30. The molecule has 2 rings (SSSR count). The van der Waals surface area contributed by atoms with Crippen LogP contribution in [0.3, 0.4) is 0 Å². The molecule has 0 amide bonds. The molecule has 0 aromatic carbocycles. The maximum absolute atomic E-state index is 6.39. The van der Waals surface area contributed by atoms with Crippen LogP contribution >= 0.6 is 22.9 Å². The van der Waals surface area contributed by atoms with Gasteiger partial charge in [0.25, 0.3) is 0 Å². The molecule has 0 radical (unpaired) electrons. The highest BCUT2D eigenvalue weighted by atomic mass is 35.5. The molecule has 0 fully saturated rings. The smallest absolute Gasteiger partial charge is 0.0847 e. The molecule has 3 nitrogen and oxygen atoms in total. The second-order valence-corrected chi connectivity index (χ2v) is 6.00. The third-order valence-electron chi connectivity index (χ3n) is 3.42. The molecule has 1 atom stereocenters. The molecular formula is C14H20ClN3S. The van der Waals surface area contributed by atoms with Crippen molar-refractivity contribution in [1.82, 2.24) is 15.1 Å². The first-order chi connectivity index (χ1) is 9.08. The molecule has 1 unspecified atom stereocenters. The lowest BCUT2D eigenvalue weighted by atomic mass is 10.1. The minimum absolute atomic E-state index is 0.291. The van der Waals surface area contributed by atoms with Gasteiger partial charge in [0.2, 0.25) is 0 Å². The summed E-state index contributed by atoms with van der Waals surface area (Å²) < 4.78 is 2.00. The van der Waals surface area contributed by atoms with Crippen LogP contribution in [0, 0.1) is 13.8 Å². The molecule has 5 heteroatoms. The summed E-state index contributed by atoms with van der Waals surface area (Å²) in [5, 5.41) is 10.8. The summed E-state index contributed by atoms with van der Waals surface area (Å²) in [7, 11) is 2.00. The van der Waals surface area contributed by atoms with Gasteiger partial charge in [-0.15, -0.1) is 11.3 Å². The lowest BCUT2D eigenvalue weighted by molar-refractivity contribution is 0.545. The molecule has 104 valence electrons. The van der Waals surface area contributed by atoms with E-state index in [9.17, 15) is 0 Å². The lowest BCUT2D eigenvalue weighted by Gasteiger charge is -2.17. The number of nitrogens with zero attached hydrogens (tertiary/aromatic N) is 2. The van der Waals surface area contributed by atoms with Crippen LogP contribution in [0.2, 0.25) is 5.02 Å². The van der Waals surface area contributed by atoms with Crippen molar-refractivity contribution < 1.29 is 0 Å². The minimum atomic E-state index is 0.291. The maximum Gasteiger partial charge on any atom is 0.0847 e. The zero-order valence-corrected chi connectivity index (χ0v) is 13.4. The summed E-state index contributed by atoms with van der Waals surface area (Å²) in [6, 6.07) is 2.45. The van der Waals surface area contributed by atoms with E-state index in [1.165, 1.54) is 10.4 Å². The Morgan fingerprint density at radius 1 is 1.47 bits per heavy atom. The fourth-order valence-corrected chi connectivity index (χ4v) is 3.58. The summed E-state index contributed by atoms with van der Waals surface area (Å²) in [6.45, 7) is 7.06. The number of aryl methyl sites for hydroxylation is 3. The van der Waals surface area contributed by atoms with E-state index in [0.717, 1.165) is 29.4 Å². The topological polar surface area (TPSA) is 29.9 Å². The van der Waals surface area contributed by atoms with Crippen LogP contribution in [0.4, 0.5) is 0 Å². The lowest BCUT2D eigenvalue weighted by Crippen LogP contribution is -2.20. The number of likely N-dealkylation sites (N-methyl/N-ethyl adjacent to an activating group) is 1. The van der Waals surface area contributed by atoms with Crippen molar-refractivity contribution in [1.29, 1.82) is 0 Å². The number of halogens is 1. The van der Waals surface area contributed by atoms with Crippen molar-refractivity contribution in [2.75, 3.05) is 7.05 Å². The van der Waals surface area contributed by atoms with E-state index < -0.39 is 0 Å². The van der Waals surface area contributed by atoms with Gasteiger partial charge in [-0.25, -0.2) is 0 Å². The normalized spacial score (nSPS) is 12.9. The van der Waals surface area contributed by atoms with Crippen LogP contribution in [-0.2, 0) is 13.0 Å². The van der Waals surface area contributed by atoms with Crippen LogP contribution in [0.1, 0.15) is 34.8 Å². The zero-order chi connectivity index (χ0) is 14.0. The third kappa shape index (κ3) is 2.86. The molecular weight excluding hydrogens is 278 g/mol. The molecule has 0 aliphatic rings. The molecule has 0 saturated carbocycles. The molecule has 2 heterocycles. The third-order valence-corrected chi connectivity index (χ3v) is 5.04. The van der Waals surface area contributed by atoms with Crippen molar-refractivity contribution >= 4 is 22.9 Å². The summed E-state index contributed by atoms with van der Waals surface area (Å²) in [5.74, 6) is 0. The number of rotatable bonds is 5. The summed E-state index contributed by atoms with van der Waals surface area (Å²) in [6.07, 6.45) is 0.866. The molecule has 19 heavy (non-hydrogen) atoms. The molecule has 0 bridgehead atoms. The SMILES string of the molecule is CCn1nc(C)c(Cl)c1CC(NC)c1sccc1C. The monoisotopic (exact) mass is 297 g/mol. The highest BCUT2D eigenvalue weighted by Gasteiger charge is 2.20. The molecule has 2 aromatic heterocycles. The first kappa shape index (κ1) is 14.6. The van der Waals surface area contributed by atoms with Gasteiger partial charge in [0, 0.05) is 23.9 Å². The fourth-order valence-electron chi connectivity index (χ4n) is 2.32. The second kappa shape index (κ2) is 6.07. The Morgan fingerprint density at radius 3 is 2.74 bits per heavy atom. The number of hydrogen-bond donors (Lipinski definition) is 1. The van der Waals surface area contributed by atoms with E-state index in [1.54, 1.807) is 11.3 Å². The van der Waals surface area contributed by atoms with Gasteiger partial charge in [-0.05, 0) is 44.8 Å². The van der Waals surface area contributed by atoms with E-state index in [0.29, 0.717) is 6.04 Å². The average molecular weight is 298 g/mol. The Morgan fingerprint density at radius 2 is 2.21 bits per heavy atom. The Kier molecular flexibility index (Phi) is 4.66. The van der Waals surface area contributed by atoms with Gasteiger partial charge in [0.05, 0.1) is 16.4 Å². The Balaban J connectivity index is 2.31. The first-order valence-corrected chi connectivity index (χ1v) is 7.77. The Hall–Kier alpha value is -0.840. The van der Waals surface area contributed by atoms with E-state index in [-0.39, 0.29) is 0 Å². The molecule has 1 N–H and O–H groups in total. The standard InChI is InChI=1S/C14H20ClN3S/c1-5-18-12(13(15)10(3)17-18)8-11(16-4)14-9(2)6-7-19-14/h6-7,11,16H,5,8H2,1-4H3. The Bertz CT molecular complexity index is 559. The second-order valence-electron chi connectivity index (χ2n) is 4.68. The predicted octanol–water partition coefficient (Wildman–Crippen LogP) is 3.74. The van der Waals surface area contributed by atoms with E-state index in [4.69, 9.17) is 11.6 Å². The molecule has 0 aliphatic carbocycles. The number of nitrogens with one attached hydrogen (secondary N) is 1. The number of thiophene rings is 1.